The molecule has 4 nitrogen and oxygen atoms in total. The Bertz CT molecular complexity index is 669. The highest BCUT2D eigenvalue weighted by Gasteiger charge is 2.27. The average Bonchev–Trinajstić information content (AvgIpc) is 3.33. The van der Waals surface area contributed by atoms with Gasteiger partial charge >= 0.3 is 0 Å². The van der Waals surface area contributed by atoms with Gasteiger partial charge in [0.2, 0.25) is 0 Å². The normalized spacial score (nSPS) is 20.7. The van der Waals surface area contributed by atoms with Crippen LogP contribution in [0.2, 0.25) is 0 Å². The summed E-state index contributed by atoms with van der Waals surface area (Å²) in [4.78, 5) is 11.3. The molecule has 2 aromatic rings. The van der Waals surface area contributed by atoms with Gasteiger partial charge in [0.25, 0.3) is 0 Å². The number of nitrogens with zero attached hydrogens (tertiary/aromatic N) is 3. The Balaban J connectivity index is 1.32. The largest absolute Gasteiger partial charge is 0.371 e. The molecule has 1 aromatic heterocycles. The van der Waals surface area contributed by atoms with Crippen LogP contribution in [0.15, 0.2) is 36.5 Å². The van der Waals surface area contributed by atoms with Crippen molar-refractivity contribution in [2.45, 2.75) is 25.2 Å². The van der Waals surface area contributed by atoms with Crippen LogP contribution in [0.4, 0.5) is 15.9 Å². The second kappa shape index (κ2) is 6.14. The predicted molar refractivity (Wildman–Crippen MR) is 89.2 cm³/mol. The van der Waals surface area contributed by atoms with Crippen molar-refractivity contribution in [3.05, 3.63) is 48.2 Å². The maximum absolute atomic E-state index is 13.0. The lowest BCUT2D eigenvalue weighted by molar-refractivity contribution is 0.620. The van der Waals surface area contributed by atoms with Crippen molar-refractivity contribution < 1.29 is 4.39 Å². The van der Waals surface area contributed by atoms with E-state index in [0.29, 0.717) is 11.8 Å². The Hall–Kier alpha value is -2.17. The molecule has 1 unspecified atom stereocenters. The number of benzene rings is 1. The SMILES string of the molecule is Fc1ccc(N2CCC(CNc3ccnc(C4CC4)n3)C2)cc1. The molecular weight excluding hydrogens is 291 g/mol. The monoisotopic (exact) mass is 312 g/mol. The lowest BCUT2D eigenvalue weighted by atomic mass is 10.1. The summed E-state index contributed by atoms with van der Waals surface area (Å²) in [5, 5.41) is 3.45. The number of hydrogen-bond donors (Lipinski definition) is 1. The molecular formula is C18H21FN4. The lowest BCUT2D eigenvalue weighted by Crippen LogP contribution is -2.22. The van der Waals surface area contributed by atoms with Crippen LogP contribution in [0.5, 0.6) is 0 Å². The molecule has 23 heavy (non-hydrogen) atoms. The Morgan fingerprint density at radius 1 is 1.13 bits per heavy atom. The zero-order valence-corrected chi connectivity index (χ0v) is 13.1. The second-order valence-corrected chi connectivity index (χ2v) is 6.53. The maximum Gasteiger partial charge on any atom is 0.133 e. The Morgan fingerprint density at radius 2 is 1.96 bits per heavy atom. The van der Waals surface area contributed by atoms with Gasteiger partial charge in [-0.1, -0.05) is 0 Å². The summed E-state index contributed by atoms with van der Waals surface area (Å²) < 4.78 is 13.0. The molecule has 1 aromatic carbocycles. The third-order valence-corrected chi connectivity index (χ3v) is 4.67. The minimum absolute atomic E-state index is 0.179. The Morgan fingerprint density at radius 3 is 2.74 bits per heavy atom. The van der Waals surface area contributed by atoms with Crippen molar-refractivity contribution >= 4 is 11.5 Å². The van der Waals surface area contributed by atoms with Crippen LogP contribution in [-0.4, -0.2) is 29.6 Å². The van der Waals surface area contributed by atoms with Crippen LogP contribution in [0.3, 0.4) is 0 Å². The van der Waals surface area contributed by atoms with E-state index in [2.05, 4.69) is 20.2 Å². The molecule has 120 valence electrons. The topological polar surface area (TPSA) is 41.0 Å². The van der Waals surface area contributed by atoms with E-state index in [4.69, 9.17) is 0 Å². The summed E-state index contributed by atoms with van der Waals surface area (Å²) in [5.41, 5.74) is 1.10. The molecule has 1 saturated heterocycles. The molecule has 1 atom stereocenters. The van der Waals surface area contributed by atoms with Gasteiger partial charge in [0.15, 0.2) is 0 Å². The highest BCUT2D eigenvalue weighted by molar-refractivity contribution is 5.47. The maximum atomic E-state index is 13.0. The van der Waals surface area contributed by atoms with E-state index in [9.17, 15) is 4.39 Å². The summed E-state index contributed by atoms with van der Waals surface area (Å²) in [5.74, 6) is 2.90. The molecule has 1 saturated carbocycles. The van der Waals surface area contributed by atoms with Gasteiger partial charge in [-0.3, -0.25) is 0 Å². The van der Waals surface area contributed by atoms with Crippen LogP contribution >= 0.6 is 0 Å². The van der Waals surface area contributed by atoms with Gasteiger partial charge in [-0.2, -0.15) is 0 Å². The average molecular weight is 312 g/mol. The highest BCUT2D eigenvalue weighted by Crippen LogP contribution is 2.38. The Labute approximate surface area is 135 Å². The zero-order chi connectivity index (χ0) is 15.6. The first kappa shape index (κ1) is 14.4. The van der Waals surface area contributed by atoms with Gasteiger partial charge in [-0.05, 0) is 55.5 Å². The van der Waals surface area contributed by atoms with E-state index in [1.165, 1.54) is 25.0 Å². The molecule has 0 radical (unpaired) electrons. The number of aromatic nitrogens is 2. The lowest BCUT2D eigenvalue weighted by Gasteiger charge is -2.19. The van der Waals surface area contributed by atoms with Crippen LogP contribution in [0.1, 0.15) is 31.0 Å². The molecule has 2 fully saturated rings. The summed E-state index contributed by atoms with van der Waals surface area (Å²) in [7, 11) is 0. The first-order valence-electron chi connectivity index (χ1n) is 8.35. The third-order valence-electron chi connectivity index (χ3n) is 4.67. The molecule has 4 rings (SSSR count). The van der Waals surface area contributed by atoms with Crippen LogP contribution in [0.25, 0.3) is 0 Å². The van der Waals surface area contributed by atoms with E-state index in [1.54, 1.807) is 0 Å². The quantitative estimate of drug-likeness (QED) is 0.918. The Kier molecular flexibility index (Phi) is 3.85. The van der Waals surface area contributed by atoms with Gasteiger partial charge in [0, 0.05) is 37.4 Å². The summed E-state index contributed by atoms with van der Waals surface area (Å²) in [6, 6.07) is 8.72. The van der Waals surface area contributed by atoms with Gasteiger partial charge in [0.1, 0.15) is 17.5 Å². The zero-order valence-electron chi connectivity index (χ0n) is 13.1. The van der Waals surface area contributed by atoms with Gasteiger partial charge in [-0.25, -0.2) is 14.4 Å². The van der Waals surface area contributed by atoms with E-state index in [0.717, 1.165) is 43.4 Å². The number of anilines is 2. The van der Waals surface area contributed by atoms with Crippen molar-refractivity contribution in [2.75, 3.05) is 29.9 Å². The van der Waals surface area contributed by atoms with Crippen molar-refractivity contribution in [3.8, 4) is 0 Å². The third kappa shape index (κ3) is 3.44. The van der Waals surface area contributed by atoms with Crippen LogP contribution in [-0.2, 0) is 0 Å². The van der Waals surface area contributed by atoms with E-state index >= 15 is 0 Å². The summed E-state index contributed by atoms with van der Waals surface area (Å²) in [6.45, 7) is 2.94. The van der Waals surface area contributed by atoms with Crippen LogP contribution in [0, 0.1) is 11.7 Å². The van der Waals surface area contributed by atoms with E-state index in [1.807, 2.05) is 24.4 Å². The molecule has 2 aliphatic rings. The van der Waals surface area contributed by atoms with Crippen LogP contribution < -0.4 is 10.2 Å². The molecule has 1 N–H and O–H groups in total. The molecule has 1 aliphatic heterocycles. The van der Waals surface area contributed by atoms with Crippen molar-refractivity contribution in [2.24, 2.45) is 5.92 Å². The van der Waals surface area contributed by atoms with Crippen molar-refractivity contribution in [3.63, 3.8) is 0 Å². The van der Waals surface area contributed by atoms with Gasteiger partial charge in [-0.15, -0.1) is 0 Å². The van der Waals surface area contributed by atoms with Crippen molar-refractivity contribution in [1.82, 2.24) is 9.97 Å². The summed E-state index contributed by atoms with van der Waals surface area (Å²) in [6.07, 6.45) is 5.44. The first-order chi connectivity index (χ1) is 11.3. The first-order valence-corrected chi connectivity index (χ1v) is 8.35. The van der Waals surface area contributed by atoms with E-state index in [-0.39, 0.29) is 5.82 Å². The molecule has 0 spiro atoms. The molecule has 0 amide bonds. The minimum atomic E-state index is -0.179. The number of rotatable bonds is 5. The highest BCUT2D eigenvalue weighted by atomic mass is 19.1. The minimum Gasteiger partial charge on any atom is -0.371 e. The molecule has 1 aliphatic carbocycles. The number of halogens is 1. The van der Waals surface area contributed by atoms with Crippen molar-refractivity contribution in [1.29, 1.82) is 0 Å². The second-order valence-electron chi connectivity index (χ2n) is 6.53. The fraction of sp³-hybridized carbons (Fsp3) is 0.444. The molecule has 2 heterocycles. The van der Waals surface area contributed by atoms with Gasteiger partial charge < -0.3 is 10.2 Å². The van der Waals surface area contributed by atoms with Gasteiger partial charge in [0.05, 0.1) is 0 Å². The smallest absolute Gasteiger partial charge is 0.133 e. The summed E-state index contributed by atoms with van der Waals surface area (Å²) >= 11 is 0. The predicted octanol–water partition coefficient (Wildman–Crippen LogP) is 3.43. The fourth-order valence-electron chi connectivity index (χ4n) is 3.15. The standard InChI is InChI=1S/C18H21FN4/c19-15-3-5-16(6-4-15)23-10-8-13(12-23)11-21-17-7-9-20-18(22-17)14-1-2-14/h3-7,9,13-14H,1-2,8,10-12H2,(H,20,21,22). The van der Waals surface area contributed by atoms with E-state index < -0.39 is 0 Å². The molecule has 0 bridgehead atoms. The molecule has 5 heteroatoms. The number of hydrogen-bond acceptors (Lipinski definition) is 4. The fourth-order valence-corrected chi connectivity index (χ4v) is 3.15. The number of nitrogens with one attached hydrogen (secondary N) is 1.